The molecule has 1 aromatic heterocycles. The fourth-order valence-electron chi connectivity index (χ4n) is 3.06. The Balaban J connectivity index is 2.02. The molecule has 5 nitrogen and oxygen atoms in total. The number of nitrogens with two attached hydrogens (primary N) is 1. The molecule has 2 aliphatic heterocycles. The molecule has 3 heterocycles. The van der Waals surface area contributed by atoms with E-state index in [9.17, 15) is 8.42 Å². The highest BCUT2D eigenvalue weighted by molar-refractivity contribution is 7.91. The number of imidazole rings is 1. The van der Waals surface area contributed by atoms with Crippen molar-refractivity contribution in [3.05, 3.63) is 17.7 Å². The monoisotopic (exact) mass is 269 g/mol. The highest BCUT2D eigenvalue weighted by atomic mass is 32.2. The van der Waals surface area contributed by atoms with Gasteiger partial charge in [-0.15, -0.1) is 0 Å². The van der Waals surface area contributed by atoms with E-state index in [2.05, 4.69) is 4.98 Å². The van der Waals surface area contributed by atoms with Crippen LogP contribution in [0.4, 0.5) is 0 Å². The van der Waals surface area contributed by atoms with E-state index < -0.39 is 15.1 Å². The molecule has 18 heavy (non-hydrogen) atoms. The van der Waals surface area contributed by atoms with Gasteiger partial charge in [-0.3, -0.25) is 0 Å². The van der Waals surface area contributed by atoms with Gasteiger partial charge in [0, 0.05) is 12.6 Å². The second-order valence-corrected chi connectivity index (χ2v) is 7.60. The lowest BCUT2D eigenvalue weighted by Gasteiger charge is -2.26. The van der Waals surface area contributed by atoms with E-state index in [1.54, 1.807) is 6.20 Å². The third kappa shape index (κ3) is 1.87. The smallest absolute Gasteiger partial charge is 0.160 e. The van der Waals surface area contributed by atoms with Crippen molar-refractivity contribution in [1.82, 2.24) is 9.55 Å². The van der Waals surface area contributed by atoms with Crippen molar-refractivity contribution in [1.29, 1.82) is 0 Å². The molecular formula is C12H19N3O2S. The number of sulfone groups is 1. The maximum atomic E-state index is 12.2. The number of hydrogen-bond acceptors (Lipinski definition) is 4. The third-order valence-corrected chi connectivity index (χ3v) is 6.23. The maximum absolute atomic E-state index is 12.2. The zero-order chi connectivity index (χ0) is 12.8. The first kappa shape index (κ1) is 12.2. The van der Waals surface area contributed by atoms with Gasteiger partial charge >= 0.3 is 0 Å². The molecule has 0 radical (unpaired) electrons. The number of rotatable bonds is 1. The molecule has 2 aliphatic rings. The second-order valence-electron chi connectivity index (χ2n) is 5.29. The molecule has 2 N–H and O–H groups in total. The Morgan fingerprint density at radius 2 is 2.11 bits per heavy atom. The molecule has 3 rings (SSSR count). The first-order valence-electron chi connectivity index (χ1n) is 6.62. The topological polar surface area (TPSA) is 78.0 Å². The Bertz CT molecular complexity index is 550. The van der Waals surface area contributed by atoms with Crippen LogP contribution in [0.5, 0.6) is 0 Å². The Morgan fingerprint density at radius 1 is 1.28 bits per heavy atom. The van der Waals surface area contributed by atoms with Crippen LogP contribution in [0.3, 0.4) is 0 Å². The number of fused-ring (bicyclic) bond motifs is 1. The summed E-state index contributed by atoms with van der Waals surface area (Å²) in [7, 11) is -3.02. The summed E-state index contributed by atoms with van der Waals surface area (Å²) >= 11 is 0. The maximum Gasteiger partial charge on any atom is 0.160 e. The summed E-state index contributed by atoms with van der Waals surface area (Å²) in [6, 6.07) is 0.00583. The van der Waals surface area contributed by atoms with Crippen molar-refractivity contribution >= 4 is 9.84 Å². The van der Waals surface area contributed by atoms with Crippen LogP contribution in [0.25, 0.3) is 0 Å². The third-order valence-electron chi connectivity index (χ3n) is 4.06. The van der Waals surface area contributed by atoms with E-state index in [0.29, 0.717) is 12.2 Å². The number of aromatic nitrogens is 2. The van der Waals surface area contributed by atoms with Gasteiger partial charge in [0.1, 0.15) is 11.1 Å². The highest BCUT2D eigenvalue weighted by Crippen LogP contribution is 2.35. The summed E-state index contributed by atoms with van der Waals surface area (Å²) in [5.74, 6) is 1.02. The van der Waals surface area contributed by atoms with Crippen molar-refractivity contribution < 1.29 is 8.42 Å². The van der Waals surface area contributed by atoms with E-state index in [0.717, 1.165) is 43.7 Å². The molecule has 0 aromatic carbocycles. The van der Waals surface area contributed by atoms with E-state index in [1.165, 1.54) is 0 Å². The van der Waals surface area contributed by atoms with Crippen LogP contribution in [0, 0.1) is 0 Å². The van der Waals surface area contributed by atoms with E-state index >= 15 is 0 Å². The van der Waals surface area contributed by atoms with Crippen LogP contribution in [-0.4, -0.2) is 23.7 Å². The van der Waals surface area contributed by atoms with Gasteiger partial charge in [-0.2, -0.15) is 0 Å². The lowest BCUT2D eigenvalue weighted by molar-refractivity contribution is 0.442. The molecule has 0 bridgehead atoms. The summed E-state index contributed by atoms with van der Waals surface area (Å²) in [5.41, 5.74) is 7.04. The fraction of sp³-hybridized carbons (Fsp3) is 0.750. The number of hydrogen-bond donors (Lipinski definition) is 1. The van der Waals surface area contributed by atoms with Crippen molar-refractivity contribution in [3.63, 3.8) is 0 Å². The molecule has 0 saturated carbocycles. The molecule has 2 atom stereocenters. The van der Waals surface area contributed by atoms with Gasteiger partial charge < -0.3 is 10.3 Å². The van der Waals surface area contributed by atoms with Gasteiger partial charge in [-0.1, -0.05) is 6.42 Å². The molecule has 1 aromatic rings. The second kappa shape index (κ2) is 4.35. The highest BCUT2D eigenvalue weighted by Gasteiger charge is 2.35. The molecule has 0 amide bonds. The Kier molecular flexibility index (Phi) is 2.94. The molecule has 1 fully saturated rings. The van der Waals surface area contributed by atoms with Crippen LogP contribution in [-0.2, 0) is 16.4 Å². The summed E-state index contributed by atoms with van der Waals surface area (Å²) in [5, 5.41) is -0.412. The van der Waals surface area contributed by atoms with Gasteiger partial charge in [0.25, 0.3) is 0 Å². The van der Waals surface area contributed by atoms with Gasteiger partial charge in [0.05, 0.1) is 17.6 Å². The molecular weight excluding hydrogens is 250 g/mol. The lowest BCUT2D eigenvalue weighted by atomic mass is 10.1. The lowest BCUT2D eigenvalue weighted by Crippen LogP contribution is -2.27. The molecule has 2 unspecified atom stereocenters. The Morgan fingerprint density at radius 3 is 2.89 bits per heavy atom. The SMILES string of the molecule is NC1CCCn2c1cnc2C1CCCCS1(=O)=O. The minimum absolute atomic E-state index is 0.00583. The van der Waals surface area contributed by atoms with Crippen LogP contribution in [0.2, 0.25) is 0 Å². The van der Waals surface area contributed by atoms with Crippen LogP contribution in [0.1, 0.15) is 54.9 Å². The zero-order valence-corrected chi connectivity index (χ0v) is 11.2. The molecule has 100 valence electrons. The normalized spacial score (nSPS) is 30.9. The molecule has 0 spiro atoms. The largest absolute Gasteiger partial charge is 0.329 e. The Hall–Kier alpha value is -0.880. The van der Waals surface area contributed by atoms with Crippen molar-refractivity contribution in [2.45, 2.75) is 49.9 Å². The van der Waals surface area contributed by atoms with Crippen molar-refractivity contribution in [3.8, 4) is 0 Å². The quantitative estimate of drug-likeness (QED) is 0.834. The summed E-state index contributed by atoms with van der Waals surface area (Å²) in [4.78, 5) is 4.37. The zero-order valence-electron chi connectivity index (χ0n) is 10.4. The van der Waals surface area contributed by atoms with E-state index in [-0.39, 0.29) is 6.04 Å². The first-order chi connectivity index (χ1) is 8.59. The molecule has 6 heteroatoms. The summed E-state index contributed by atoms with van der Waals surface area (Å²) < 4.78 is 26.4. The van der Waals surface area contributed by atoms with E-state index in [4.69, 9.17) is 5.73 Å². The van der Waals surface area contributed by atoms with Gasteiger partial charge in [0.2, 0.25) is 0 Å². The average Bonchev–Trinajstić information content (AvgIpc) is 2.74. The van der Waals surface area contributed by atoms with Gasteiger partial charge in [-0.25, -0.2) is 13.4 Å². The Labute approximate surface area is 107 Å². The minimum Gasteiger partial charge on any atom is -0.329 e. The molecule has 1 saturated heterocycles. The van der Waals surface area contributed by atoms with Crippen molar-refractivity contribution in [2.24, 2.45) is 5.73 Å². The average molecular weight is 269 g/mol. The number of nitrogens with zero attached hydrogens (tertiary/aromatic N) is 2. The van der Waals surface area contributed by atoms with Crippen LogP contribution < -0.4 is 5.73 Å². The van der Waals surface area contributed by atoms with Gasteiger partial charge in [-0.05, 0) is 25.7 Å². The van der Waals surface area contributed by atoms with E-state index in [1.807, 2.05) is 4.57 Å². The van der Waals surface area contributed by atoms with Crippen LogP contribution >= 0.6 is 0 Å². The van der Waals surface area contributed by atoms with Gasteiger partial charge in [0.15, 0.2) is 9.84 Å². The van der Waals surface area contributed by atoms with Crippen molar-refractivity contribution in [2.75, 3.05) is 5.75 Å². The fourth-order valence-corrected chi connectivity index (χ4v) is 4.99. The summed E-state index contributed by atoms with van der Waals surface area (Å²) in [6.45, 7) is 0.852. The molecule has 0 aliphatic carbocycles. The predicted octanol–water partition coefficient (Wildman–Crippen LogP) is 1.32. The summed E-state index contributed by atoms with van der Waals surface area (Å²) in [6.07, 6.45) is 6.19. The standard InChI is InChI=1S/C12H19N3O2S/c13-9-4-3-6-15-10(9)8-14-12(15)11-5-1-2-7-18(11,16)17/h8-9,11H,1-7,13H2. The predicted molar refractivity (Wildman–Crippen MR) is 68.8 cm³/mol. The minimum atomic E-state index is -3.02. The first-order valence-corrected chi connectivity index (χ1v) is 8.33. The van der Waals surface area contributed by atoms with Crippen LogP contribution in [0.15, 0.2) is 6.20 Å².